The van der Waals surface area contributed by atoms with Crippen molar-refractivity contribution in [3.63, 3.8) is 0 Å². The van der Waals surface area contributed by atoms with Crippen molar-refractivity contribution in [3.8, 4) is 16.9 Å². The van der Waals surface area contributed by atoms with Crippen molar-refractivity contribution >= 4 is 11.5 Å². The number of rotatable bonds is 3. The van der Waals surface area contributed by atoms with Crippen molar-refractivity contribution in [1.29, 1.82) is 0 Å². The Morgan fingerprint density at radius 2 is 1.71 bits per heavy atom. The van der Waals surface area contributed by atoms with E-state index in [1.54, 1.807) is 4.68 Å². The van der Waals surface area contributed by atoms with E-state index in [-0.39, 0.29) is 11.5 Å². The maximum Gasteiger partial charge on any atom is 0.178 e. The average molecular weight is 278 g/mol. The molecule has 21 heavy (non-hydrogen) atoms. The van der Waals surface area contributed by atoms with Crippen LogP contribution in [0.3, 0.4) is 0 Å². The first-order valence-corrected chi connectivity index (χ1v) is 6.55. The molecule has 0 aliphatic carbocycles. The van der Waals surface area contributed by atoms with Crippen LogP contribution in [0.2, 0.25) is 0 Å². The highest BCUT2D eigenvalue weighted by atomic mass is 16.3. The molecule has 2 aromatic carbocycles. The lowest BCUT2D eigenvalue weighted by atomic mass is 10.1. The highest BCUT2D eigenvalue weighted by molar-refractivity contribution is 5.80. The van der Waals surface area contributed by atoms with Crippen LogP contribution in [0.15, 0.2) is 59.8 Å². The largest absolute Gasteiger partial charge is 0.382 e. The fourth-order valence-electron chi connectivity index (χ4n) is 2.19. The highest BCUT2D eigenvalue weighted by Crippen LogP contribution is 2.35. The van der Waals surface area contributed by atoms with E-state index < -0.39 is 0 Å². The van der Waals surface area contributed by atoms with Gasteiger partial charge in [0.15, 0.2) is 11.5 Å². The molecular formula is C16H14N4O. The minimum atomic E-state index is 0.168. The Kier molecular flexibility index (Phi) is 3.23. The van der Waals surface area contributed by atoms with Gasteiger partial charge < -0.3 is 5.73 Å². The fourth-order valence-corrected chi connectivity index (χ4v) is 2.19. The summed E-state index contributed by atoms with van der Waals surface area (Å²) < 4.78 is 1.54. The fraction of sp³-hybridized carbons (Fsp3) is 0.0625. The zero-order valence-corrected chi connectivity index (χ0v) is 11.5. The topological polar surface area (TPSA) is 73.3 Å². The molecule has 0 bridgehead atoms. The van der Waals surface area contributed by atoms with Gasteiger partial charge in [-0.2, -0.15) is 5.10 Å². The van der Waals surface area contributed by atoms with Gasteiger partial charge >= 0.3 is 0 Å². The second-order valence-electron chi connectivity index (χ2n) is 4.79. The molecule has 2 N–H and O–H groups in total. The second kappa shape index (κ2) is 5.20. The van der Waals surface area contributed by atoms with E-state index in [4.69, 9.17) is 5.73 Å². The van der Waals surface area contributed by atoms with E-state index in [0.29, 0.717) is 5.69 Å². The SMILES string of the molecule is Cc1ccc(-n2nc(-c3ccccc3)c(N=O)c2N)cc1. The molecule has 0 spiro atoms. The number of benzene rings is 2. The standard InChI is InChI=1S/C16H14N4O/c1-11-7-9-13(10-8-11)20-16(17)15(19-21)14(18-20)12-5-3-2-4-6-12/h2-10H,17H2,1H3. The summed E-state index contributed by atoms with van der Waals surface area (Å²) in [6.45, 7) is 2.00. The van der Waals surface area contributed by atoms with Gasteiger partial charge in [0.2, 0.25) is 0 Å². The zero-order chi connectivity index (χ0) is 14.8. The van der Waals surface area contributed by atoms with Crippen LogP contribution in [0.25, 0.3) is 16.9 Å². The molecule has 5 nitrogen and oxygen atoms in total. The summed E-state index contributed by atoms with van der Waals surface area (Å²) in [5, 5.41) is 7.50. The van der Waals surface area contributed by atoms with Crippen LogP contribution in [-0.2, 0) is 0 Å². The summed E-state index contributed by atoms with van der Waals surface area (Å²) in [5.74, 6) is 0.243. The van der Waals surface area contributed by atoms with Crippen molar-refractivity contribution in [2.45, 2.75) is 6.92 Å². The summed E-state index contributed by atoms with van der Waals surface area (Å²) in [6.07, 6.45) is 0. The molecule has 0 radical (unpaired) electrons. The lowest BCUT2D eigenvalue weighted by Crippen LogP contribution is -2.01. The average Bonchev–Trinajstić information content (AvgIpc) is 2.86. The van der Waals surface area contributed by atoms with Crippen LogP contribution < -0.4 is 5.73 Å². The number of hydrogen-bond donors (Lipinski definition) is 1. The van der Waals surface area contributed by atoms with Crippen LogP contribution in [0, 0.1) is 11.8 Å². The Bertz CT molecular complexity index is 776. The third-order valence-electron chi connectivity index (χ3n) is 3.31. The number of aromatic nitrogens is 2. The number of nitrogen functional groups attached to an aromatic ring is 1. The molecule has 3 rings (SSSR count). The van der Waals surface area contributed by atoms with Crippen molar-refractivity contribution < 1.29 is 0 Å². The van der Waals surface area contributed by atoms with Crippen LogP contribution in [0.1, 0.15) is 5.56 Å². The van der Waals surface area contributed by atoms with Crippen LogP contribution in [0.5, 0.6) is 0 Å². The van der Waals surface area contributed by atoms with Gasteiger partial charge in [0, 0.05) is 5.56 Å². The van der Waals surface area contributed by atoms with Gasteiger partial charge in [-0.15, -0.1) is 4.91 Å². The first kappa shape index (κ1) is 13.1. The zero-order valence-electron chi connectivity index (χ0n) is 11.5. The van der Waals surface area contributed by atoms with Gasteiger partial charge in [0.1, 0.15) is 5.69 Å². The van der Waals surface area contributed by atoms with Gasteiger partial charge in [0.25, 0.3) is 0 Å². The summed E-state index contributed by atoms with van der Waals surface area (Å²) in [6, 6.07) is 17.1. The summed E-state index contributed by atoms with van der Waals surface area (Å²) >= 11 is 0. The van der Waals surface area contributed by atoms with Crippen molar-refractivity contribution in [3.05, 3.63) is 65.1 Å². The molecule has 1 aromatic heterocycles. The van der Waals surface area contributed by atoms with Crippen molar-refractivity contribution in [2.24, 2.45) is 5.18 Å². The van der Waals surface area contributed by atoms with E-state index in [1.807, 2.05) is 61.5 Å². The van der Waals surface area contributed by atoms with Gasteiger partial charge in [-0.25, -0.2) is 4.68 Å². The number of nitrogens with zero attached hydrogens (tertiary/aromatic N) is 3. The van der Waals surface area contributed by atoms with E-state index in [2.05, 4.69) is 10.3 Å². The maximum absolute atomic E-state index is 11.1. The number of nitrogens with two attached hydrogens (primary N) is 1. The first-order valence-electron chi connectivity index (χ1n) is 6.55. The molecule has 0 aliphatic rings. The number of aryl methyl sites for hydroxylation is 1. The Labute approximate surface area is 122 Å². The van der Waals surface area contributed by atoms with E-state index in [9.17, 15) is 4.91 Å². The minimum absolute atomic E-state index is 0.168. The normalized spacial score (nSPS) is 10.5. The molecule has 1 heterocycles. The summed E-state index contributed by atoms with van der Waals surface area (Å²) in [7, 11) is 0. The number of nitroso groups, excluding NO2 is 1. The van der Waals surface area contributed by atoms with Crippen molar-refractivity contribution in [2.75, 3.05) is 5.73 Å². The third kappa shape index (κ3) is 2.29. The van der Waals surface area contributed by atoms with Gasteiger partial charge in [-0.1, -0.05) is 48.0 Å². The Morgan fingerprint density at radius 1 is 1.05 bits per heavy atom. The molecule has 0 saturated heterocycles. The Balaban J connectivity index is 2.18. The van der Waals surface area contributed by atoms with E-state index >= 15 is 0 Å². The quantitative estimate of drug-likeness (QED) is 0.740. The third-order valence-corrected chi connectivity index (χ3v) is 3.31. The first-order chi connectivity index (χ1) is 10.2. The number of hydrogen-bond acceptors (Lipinski definition) is 4. The molecule has 0 aliphatic heterocycles. The maximum atomic E-state index is 11.1. The van der Waals surface area contributed by atoms with Crippen molar-refractivity contribution in [1.82, 2.24) is 9.78 Å². The predicted octanol–water partition coefficient (Wildman–Crippen LogP) is 3.83. The monoisotopic (exact) mass is 278 g/mol. The van der Waals surface area contributed by atoms with E-state index in [1.165, 1.54) is 0 Å². The summed E-state index contributed by atoms with van der Waals surface area (Å²) in [5.41, 5.74) is 9.43. The number of anilines is 1. The smallest absolute Gasteiger partial charge is 0.178 e. The Morgan fingerprint density at radius 3 is 2.33 bits per heavy atom. The molecular weight excluding hydrogens is 264 g/mol. The van der Waals surface area contributed by atoms with Gasteiger partial charge in [-0.05, 0) is 24.2 Å². The van der Waals surface area contributed by atoms with Crippen LogP contribution in [0.4, 0.5) is 11.5 Å². The van der Waals surface area contributed by atoms with Gasteiger partial charge in [-0.3, -0.25) is 0 Å². The minimum Gasteiger partial charge on any atom is -0.382 e. The van der Waals surface area contributed by atoms with Gasteiger partial charge in [0.05, 0.1) is 5.69 Å². The molecule has 3 aromatic rings. The molecule has 0 unspecified atom stereocenters. The van der Waals surface area contributed by atoms with Crippen LogP contribution in [-0.4, -0.2) is 9.78 Å². The Hall–Kier alpha value is -2.95. The lowest BCUT2D eigenvalue weighted by Gasteiger charge is -2.03. The summed E-state index contributed by atoms with van der Waals surface area (Å²) in [4.78, 5) is 11.1. The second-order valence-corrected chi connectivity index (χ2v) is 4.79. The molecule has 0 amide bonds. The molecule has 0 atom stereocenters. The predicted molar refractivity (Wildman–Crippen MR) is 83.6 cm³/mol. The molecule has 5 heteroatoms. The molecule has 0 saturated carbocycles. The molecule has 0 fully saturated rings. The highest BCUT2D eigenvalue weighted by Gasteiger charge is 2.18. The molecule has 104 valence electrons. The lowest BCUT2D eigenvalue weighted by molar-refractivity contribution is 0.894. The van der Waals surface area contributed by atoms with Crippen LogP contribution >= 0.6 is 0 Å². The van der Waals surface area contributed by atoms with E-state index in [0.717, 1.165) is 16.8 Å².